The first-order valence-electron chi connectivity index (χ1n) is 10.5. The number of halogens is 1. The summed E-state index contributed by atoms with van der Waals surface area (Å²) in [5, 5.41) is 3.29. The van der Waals surface area contributed by atoms with Crippen LogP contribution < -0.4 is 11.1 Å². The maximum absolute atomic E-state index is 13.3. The van der Waals surface area contributed by atoms with Gasteiger partial charge in [0, 0.05) is 24.3 Å². The lowest BCUT2D eigenvalue weighted by atomic mass is 9.79. The summed E-state index contributed by atoms with van der Waals surface area (Å²) in [6, 6.07) is 15.3. The summed E-state index contributed by atoms with van der Waals surface area (Å²) in [6.45, 7) is 3.13. The Hall–Kier alpha value is -2.53. The topological polar surface area (TPSA) is 75.4 Å². The van der Waals surface area contributed by atoms with E-state index in [2.05, 4.69) is 5.32 Å². The van der Waals surface area contributed by atoms with Gasteiger partial charge in [-0.3, -0.25) is 9.59 Å². The lowest BCUT2D eigenvalue weighted by Gasteiger charge is -2.40. The van der Waals surface area contributed by atoms with E-state index in [4.69, 9.17) is 5.73 Å². The molecule has 2 aromatic carbocycles. The first kappa shape index (κ1) is 22.2. The van der Waals surface area contributed by atoms with Gasteiger partial charge >= 0.3 is 0 Å². The molecule has 5 nitrogen and oxygen atoms in total. The Bertz CT molecular complexity index is 918. The highest BCUT2D eigenvalue weighted by Crippen LogP contribution is 2.35. The van der Waals surface area contributed by atoms with E-state index in [9.17, 15) is 9.59 Å². The average Bonchev–Trinajstić information content (AvgIpc) is 2.74. The third kappa shape index (κ3) is 4.46. The summed E-state index contributed by atoms with van der Waals surface area (Å²) in [5.41, 5.74) is 9.21. The molecule has 0 saturated carbocycles. The van der Waals surface area contributed by atoms with Crippen molar-refractivity contribution >= 4 is 29.9 Å². The predicted octanol–water partition coefficient (Wildman–Crippen LogP) is 4.13. The fourth-order valence-electron chi connectivity index (χ4n) is 4.68. The molecular formula is C24H30ClN3O2. The lowest BCUT2D eigenvalue weighted by molar-refractivity contribution is -0.133. The van der Waals surface area contributed by atoms with E-state index in [1.165, 1.54) is 11.1 Å². The quantitative estimate of drug-likeness (QED) is 0.723. The van der Waals surface area contributed by atoms with Crippen LogP contribution in [0.3, 0.4) is 0 Å². The monoisotopic (exact) mass is 427 g/mol. The number of hydrogen-bond donors (Lipinski definition) is 2. The Morgan fingerprint density at radius 1 is 1.13 bits per heavy atom. The number of nitrogen functional groups attached to an aromatic ring is 1. The van der Waals surface area contributed by atoms with Crippen molar-refractivity contribution in [1.29, 1.82) is 0 Å². The van der Waals surface area contributed by atoms with E-state index in [1.54, 1.807) is 0 Å². The summed E-state index contributed by atoms with van der Waals surface area (Å²) >= 11 is 0. The largest absolute Gasteiger partial charge is 0.399 e. The van der Waals surface area contributed by atoms with Crippen LogP contribution >= 0.6 is 12.4 Å². The van der Waals surface area contributed by atoms with Gasteiger partial charge in [0.05, 0.1) is 11.5 Å². The molecule has 3 N–H and O–H groups in total. The molecule has 4 rings (SSSR count). The second-order valence-electron chi connectivity index (χ2n) is 8.63. The summed E-state index contributed by atoms with van der Waals surface area (Å²) < 4.78 is 0. The maximum atomic E-state index is 13.3. The van der Waals surface area contributed by atoms with E-state index in [0.717, 1.165) is 37.8 Å². The second-order valence-corrected chi connectivity index (χ2v) is 8.63. The molecule has 1 saturated heterocycles. The molecule has 0 radical (unpaired) electrons. The molecule has 0 spiro atoms. The Morgan fingerprint density at radius 3 is 2.67 bits per heavy atom. The highest BCUT2D eigenvalue weighted by molar-refractivity contribution is 5.95. The Labute approximate surface area is 184 Å². The predicted molar refractivity (Wildman–Crippen MR) is 122 cm³/mol. The molecule has 30 heavy (non-hydrogen) atoms. The van der Waals surface area contributed by atoms with Crippen LogP contribution in [0.15, 0.2) is 48.5 Å². The van der Waals surface area contributed by atoms with Gasteiger partial charge in [-0.05, 0) is 74.4 Å². The smallest absolute Gasteiger partial charge is 0.253 e. The standard InChI is InChI=1S/C24H29N3O2.ClH/c1-24(13-6-14-27(16-24)22(28)17-7-3-2-4-8-17)23(29)26-21-10-5-9-18-15-19(25)11-12-20(18)21;/h2-4,7-8,11-12,15,21H,5-6,9-10,13-14,16,25H2,1H3,(H,26,29);1H. The average molecular weight is 428 g/mol. The number of anilines is 1. The van der Waals surface area contributed by atoms with Gasteiger partial charge in [-0.2, -0.15) is 0 Å². The molecule has 2 aromatic rings. The van der Waals surface area contributed by atoms with Crippen molar-refractivity contribution in [2.24, 2.45) is 5.41 Å². The normalized spacial score (nSPS) is 23.1. The highest BCUT2D eigenvalue weighted by Gasteiger charge is 2.40. The summed E-state index contributed by atoms with van der Waals surface area (Å²) in [6.07, 6.45) is 4.60. The zero-order chi connectivity index (χ0) is 20.4. The third-order valence-electron chi connectivity index (χ3n) is 6.34. The van der Waals surface area contributed by atoms with Crippen LogP contribution in [0.4, 0.5) is 5.69 Å². The van der Waals surface area contributed by atoms with Crippen LogP contribution in [0.2, 0.25) is 0 Å². The van der Waals surface area contributed by atoms with Crippen molar-refractivity contribution in [2.45, 2.75) is 45.1 Å². The number of aryl methyl sites for hydroxylation is 1. The molecule has 0 bridgehead atoms. The molecule has 1 heterocycles. The van der Waals surface area contributed by atoms with Crippen molar-refractivity contribution in [3.8, 4) is 0 Å². The van der Waals surface area contributed by atoms with Gasteiger partial charge in [0.25, 0.3) is 5.91 Å². The molecule has 2 aliphatic rings. The van der Waals surface area contributed by atoms with E-state index in [-0.39, 0.29) is 30.3 Å². The van der Waals surface area contributed by atoms with E-state index in [0.29, 0.717) is 18.7 Å². The van der Waals surface area contributed by atoms with Crippen LogP contribution in [0.5, 0.6) is 0 Å². The molecule has 6 heteroatoms. The van der Waals surface area contributed by atoms with E-state index >= 15 is 0 Å². The summed E-state index contributed by atoms with van der Waals surface area (Å²) in [7, 11) is 0. The Morgan fingerprint density at radius 2 is 1.90 bits per heavy atom. The van der Waals surface area contributed by atoms with Crippen LogP contribution in [-0.2, 0) is 11.2 Å². The molecule has 1 aliphatic carbocycles. The first-order chi connectivity index (χ1) is 14.0. The number of nitrogens with two attached hydrogens (primary N) is 1. The van der Waals surface area contributed by atoms with Gasteiger partial charge in [0.15, 0.2) is 0 Å². The minimum Gasteiger partial charge on any atom is -0.399 e. The summed E-state index contributed by atoms with van der Waals surface area (Å²) in [4.78, 5) is 28.0. The molecule has 2 unspecified atom stereocenters. The molecular weight excluding hydrogens is 398 g/mol. The van der Waals surface area contributed by atoms with E-state index in [1.807, 2.05) is 60.4 Å². The van der Waals surface area contributed by atoms with Gasteiger partial charge in [0.1, 0.15) is 0 Å². The van der Waals surface area contributed by atoms with Gasteiger partial charge in [-0.1, -0.05) is 24.3 Å². The molecule has 0 aromatic heterocycles. The van der Waals surface area contributed by atoms with Crippen molar-refractivity contribution < 1.29 is 9.59 Å². The van der Waals surface area contributed by atoms with Crippen molar-refractivity contribution in [3.05, 3.63) is 65.2 Å². The van der Waals surface area contributed by atoms with Crippen molar-refractivity contribution in [1.82, 2.24) is 10.2 Å². The number of likely N-dealkylation sites (tertiary alicyclic amines) is 1. The van der Waals surface area contributed by atoms with Crippen LogP contribution in [0.1, 0.15) is 60.1 Å². The number of rotatable bonds is 3. The van der Waals surface area contributed by atoms with Crippen LogP contribution in [0, 0.1) is 5.41 Å². The lowest BCUT2D eigenvalue weighted by Crippen LogP contribution is -2.52. The third-order valence-corrected chi connectivity index (χ3v) is 6.34. The minimum absolute atomic E-state index is 0. The SMILES string of the molecule is CC1(C(=O)NC2CCCc3cc(N)ccc32)CCCN(C(=O)c2ccccc2)C1.Cl. The Kier molecular flexibility index (Phi) is 6.71. The zero-order valence-electron chi connectivity index (χ0n) is 17.4. The van der Waals surface area contributed by atoms with Gasteiger partial charge in [0.2, 0.25) is 5.91 Å². The molecule has 2 amide bonds. The van der Waals surface area contributed by atoms with Gasteiger partial charge < -0.3 is 16.0 Å². The maximum Gasteiger partial charge on any atom is 0.253 e. The minimum atomic E-state index is -0.575. The fraction of sp³-hybridized carbons (Fsp3) is 0.417. The molecule has 160 valence electrons. The number of amides is 2. The number of fused-ring (bicyclic) bond motifs is 1. The number of nitrogens with one attached hydrogen (secondary N) is 1. The zero-order valence-corrected chi connectivity index (χ0v) is 18.2. The number of carbonyl (C=O) groups excluding carboxylic acids is 2. The molecule has 2 atom stereocenters. The summed E-state index contributed by atoms with van der Waals surface area (Å²) in [5.74, 6) is 0.0422. The number of carbonyl (C=O) groups is 2. The number of hydrogen-bond acceptors (Lipinski definition) is 3. The van der Waals surface area contributed by atoms with Gasteiger partial charge in [-0.25, -0.2) is 0 Å². The number of nitrogens with zero attached hydrogens (tertiary/aromatic N) is 1. The van der Waals surface area contributed by atoms with E-state index < -0.39 is 5.41 Å². The van der Waals surface area contributed by atoms with Crippen LogP contribution in [-0.4, -0.2) is 29.8 Å². The first-order valence-corrected chi connectivity index (χ1v) is 10.5. The second kappa shape index (κ2) is 9.09. The molecule has 1 aliphatic heterocycles. The van der Waals surface area contributed by atoms with Crippen LogP contribution in [0.25, 0.3) is 0 Å². The van der Waals surface area contributed by atoms with Gasteiger partial charge in [-0.15, -0.1) is 12.4 Å². The highest BCUT2D eigenvalue weighted by atomic mass is 35.5. The fourth-order valence-corrected chi connectivity index (χ4v) is 4.68. The molecule has 1 fully saturated rings. The van der Waals surface area contributed by atoms with Crippen molar-refractivity contribution in [2.75, 3.05) is 18.8 Å². The number of benzene rings is 2. The Balaban J connectivity index is 0.00000256. The number of piperidine rings is 1. The van der Waals surface area contributed by atoms with Crippen molar-refractivity contribution in [3.63, 3.8) is 0 Å².